The Labute approximate surface area is 155 Å². The minimum absolute atomic E-state index is 0.0970. The zero-order valence-electron chi connectivity index (χ0n) is 15.0. The second-order valence-corrected chi connectivity index (χ2v) is 7.24. The molecule has 1 aliphatic rings. The topological polar surface area (TPSA) is 82.9 Å². The van der Waals surface area contributed by atoms with Gasteiger partial charge in [-0.25, -0.2) is 9.78 Å². The average molecular weight is 369 g/mol. The molecule has 2 aromatic rings. The summed E-state index contributed by atoms with van der Waals surface area (Å²) in [5.41, 5.74) is 2.88. The summed E-state index contributed by atoms with van der Waals surface area (Å²) >= 11 is 1.46. The molecule has 26 heavy (non-hydrogen) atoms. The van der Waals surface area contributed by atoms with Crippen LogP contribution in [0.25, 0.3) is 0 Å². The lowest BCUT2D eigenvalue weighted by Crippen LogP contribution is -2.40. The van der Waals surface area contributed by atoms with Gasteiger partial charge in [0.25, 0.3) is 0 Å². The highest BCUT2D eigenvalue weighted by Gasteiger charge is 2.36. The van der Waals surface area contributed by atoms with E-state index in [9.17, 15) is 14.7 Å². The second-order valence-electron chi connectivity index (χ2n) is 6.18. The Morgan fingerprint density at radius 1 is 1.15 bits per heavy atom. The molecule has 3 rings (SSSR count). The number of aliphatic carboxylic acids is 1. The van der Waals surface area contributed by atoms with Crippen LogP contribution in [0.3, 0.4) is 0 Å². The van der Waals surface area contributed by atoms with Crippen molar-refractivity contribution in [3.8, 4) is 0 Å². The van der Waals surface area contributed by atoms with Crippen LogP contribution in [0, 0.1) is 13.8 Å². The molecule has 0 aliphatic carbocycles. The van der Waals surface area contributed by atoms with Gasteiger partial charge in [-0.15, -0.1) is 11.3 Å². The second kappa shape index (κ2) is 6.84. The van der Waals surface area contributed by atoms with Crippen LogP contribution in [0.15, 0.2) is 45.9 Å². The smallest absolute Gasteiger partial charge is 0.335 e. The minimum atomic E-state index is -1.09. The standard InChI is InChI=1S/C19H19N3O3S/c1-10-5-7-14(8-6-10)17-16(19(24)25)11(2)22(13(4)23)18(21-17)15-9-26-12(3)20-15/h5-9,17H,1-4H3,(H,24,25). The van der Waals surface area contributed by atoms with Crippen molar-refractivity contribution in [3.05, 3.63) is 62.7 Å². The van der Waals surface area contributed by atoms with Gasteiger partial charge in [0.2, 0.25) is 5.91 Å². The molecule has 1 atom stereocenters. The number of aryl methyl sites for hydroxylation is 2. The van der Waals surface area contributed by atoms with Gasteiger partial charge in [-0.05, 0) is 26.3 Å². The Morgan fingerprint density at radius 2 is 1.81 bits per heavy atom. The first kappa shape index (κ1) is 18.0. The fourth-order valence-corrected chi connectivity index (χ4v) is 3.61. The third kappa shape index (κ3) is 3.17. The SMILES string of the molecule is CC(=O)N1C(c2csc(C)n2)=NC(c2ccc(C)cc2)C(C(=O)O)=C1C. The number of carbonyl (C=O) groups is 2. The van der Waals surface area contributed by atoms with Crippen LogP contribution in [-0.4, -0.2) is 32.7 Å². The molecule has 1 amide bonds. The van der Waals surface area contributed by atoms with Gasteiger partial charge in [0.1, 0.15) is 11.7 Å². The fraction of sp³-hybridized carbons (Fsp3) is 0.263. The lowest BCUT2D eigenvalue weighted by molar-refractivity contribution is -0.133. The van der Waals surface area contributed by atoms with Crippen LogP contribution in [-0.2, 0) is 9.59 Å². The largest absolute Gasteiger partial charge is 0.478 e. The lowest BCUT2D eigenvalue weighted by Gasteiger charge is -2.32. The monoisotopic (exact) mass is 369 g/mol. The summed E-state index contributed by atoms with van der Waals surface area (Å²) in [6.45, 7) is 6.87. The van der Waals surface area contributed by atoms with Crippen molar-refractivity contribution >= 4 is 29.0 Å². The molecule has 0 bridgehead atoms. The van der Waals surface area contributed by atoms with E-state index in [1.54, 1.807) is 6.92 Å². The van der Waals surface area contributed by atoms with E-state index in [0.29, 0.717) is 17.2 Å². The number of carboxylic acid groups (broad SMARTS) is 1. The van der Waals surface area contributed by atoms with Crippen molar-refractivity contribution in [2.24, 2.45) is 4.99 Å². The van der Waals surface area contributed by atoms with Gasteiger partial charge in [-0.2, -0.15) is 0 Å². The van der Waals surface area contributed by atoms with Crippen molar-refractivity contribution in [3.63, 3.8) is 0 Å². The van der Waals surface area contributed by atoms with E-state index in [4.69, 9.17) is 0 Å². The normalized spacial score (nSPS) is 17.3. The number of carbonyl (C=O) groups excluding carboxylic acids is 1. The number of carboxylic acids is 1. The molecule has 0 saturated heterocycles. The summed E-state index contributed by atoms with van der Waals surface area (Å²) in [5.74, 6) is -1.00. The molecule has 1 N–H and O–H groups in total. The maximum atomic E-state index is 12.2. The molecular weight excluding hydrogens is 350 g/mol. The van der Waals surface area contributed by atoms with E-state index in [0.717, 1.165) is 16.1 Å². The fourth-order valence-electron chi connectivity index (χ4n) is 3.02. The van der Waals surface area contributed by atoms with Crippen molar-refractivity contribution in [2.45, 2.75) is 33.7 Å². The Bertz CT molecular complexity index is 941. The number of allylic oxidation sites excluding steroid dienone is 1. The zero-order valence-corrected chi connectivity index (χ0v) is 15.8. The van der Waals surface area contributed by atoms with Gasteiger partial charge in [0, 0.05) is 18.0 Å². The summed E-state index contributed by atoms with van der Waals surface area (Å²) in [5, 5.41) is 12.5. The Hall–Kier alpha value is -2.80. The number of aromatic nitrogens is 1. The summed E-state index contributed by atoms with van der Waals surface area (Å²) < 4.78 is 0. The van der Waals surface area contributed by atoms with Gasteiger partial charge in [-0.1, -0.05) is 29.8 Å². The van der Waals surface area contributed by atoms with Gasteiger partial charge in [-0.3, -0.25) is 14.7 Å². The predicted molar refractivity (Wildman–Crippen MR) is 100 cm³/mol. The van der Waals surface area contributed by atoms with Crippen molar-refractivity contribution in [1.82, 2.24) is 9.88 Å². The molecule has 0 fully saturated rings. The van der Waals surface area contributed by atoms with Crippen LogP contribution in [0.4, 0.5) is 0 Å². The first-order valence-corrected chi connectivity index (χ1v) is 8.99. The van der Waals surface area contributed by atoms with Gasteiger partial charge < -0.3 is 5.11 Å². The van der Waals surface area contributed by atoms with Gasteiger partial charge in [0.05, 0.1) is 10.6 Å². The molecule has 1 unspecified atom stereocenters. The van der Waals surface area contributed by atoms with Crippen molar-refractivity contribution in [2.75, 3.05) is 0 Å². The highest BCUT2D eigenvalue weighted by atomic mass is 32.1. The van der Waals surface area contributed by atoms with Gasteiger partial charge in [0.15, 0.2) is 5.84 Å². The Balaban J connectivity index is 2.22. The van der Waals surface area contributed by atoms with Gasteiger partial charge >= 0.3 is 5.97 Å². The number of hydrogen-bond donors (Lipinski definition) is 1. The molecular formula is C19H19N3O3S. The molecule has 0 spiro atoms. The third-order valence-electron chi connectivity index (χ3n) is 4.25. The van der Waals surface area contributed by atoms with Crippen LogP contribution >= 0.6 is 11.3 Å². The van der Waals surface area contributed by atoms with Crippen LogP contribution in [0.5, 0.6) is 0 Å². The van der Waals surface area contributed by atoms with E-state index in [1.165, 1.54) is 23.2 Å². The number of rotatable bonds is 3. The summed E-state index contributed by atoms with van der Waals surface area (Å²) in [6.07, 6.45) is 0. The first-order chi connectivity index (χ1) is 12.3. The summed E-state index contributed by atoms with van der Waals surface area (Å²) in [7, 11) is 0. The summed E-state index contributed by atoms with van der Waals surface area (Å²) in [4.78, 5) is 34.6. The van der Waals surface area contributed by atoms with E-state index in [1.807, 2.05) is 43.5 Å². The molecule has 2 heterocycles. The number of nitrogens with zero attached hydrogens (tertiary/aromatic N) is 3. The maximum absolute atomic E-state index is 12.2. The molecule has 1 aliphatic heterocycles. The lowest BCUT2D eigenvalue weighted by atomic mass is 9.94. The number of amides is 1. The number of hydrogen-bond acceptors (Lipinski definition) is 5. The Kier molecular flexibility index (Phi) is 4.73. The molecule has 0 radical (unpaired) electrons. The summed E-state index contributed by atoms with van der Waals surface area (Å²) in [6, 6.07) is 6.88. The maximum Gasteiger partial charge on any atom is 0.335 e. The van der Waals surface area contributed by atoms with Crippen LogP contribution in [0.2, 0.25) is 0 Å². The van der Waals surface area contributed by atoms with Crippen molar-refractivity contribution < 1.29 is 14.7 Å². The number of aliphatic imine (C=N–C) groups is 1. The molecule has 7 heteroatoms. The predicted octanol–water partition coefficient (Wildman–Crippen LogP) is 3.47. The number of thiazole rings is 1. The molecule has 1 aromatic heterocycles. The molecule has 0 saturated carbocycles. The van der Waals surface area contributed by atoms with E-state index < -0.39 is 12.0 Å². The Morgan fingerprint density at radius 3 is 2.31 bits per heavy atom. The van der Waals surface area contributed by atoms with E-state index in [2.05, 4.69) is 9.98 Å². The molecule has 1 aromatic carbocycles. The highest BCUT2D eigenvalue weighted by Crippen LogP contribution is 2.35. The molecule has 6 nitrogen and oxygen atoms in total. The highest BCUT2D eigenvalue weighted by molar-refractivity contribution is 7.09. The molecule has 134 valence electrons. The minimum Gasteiger partial charge on any atom is -0.478 e. The van der Waals surface area contributed by atoms with E-state index >= 15 is 0 Å². The van der Waals surface area contributed by atoms with Crippen molar-refractivity contribution in [1.29, 1.82) is 0 Å². The zero-order chi connectivity index (χ0) is 19.0. The average Bonchev–Trinajstić information content (AvgIpc) is 3.00. The number of amidine groups is 1. The van der Waals surface area contributed by atoms with Crippen LogP contribution < -0.4 is 0 Å². The quantitative estimate of drug-likeness (QED) is 0.898. The van der Waals surface area contributed by atoms with E-state index in [-0.39, 0.29) is 11.5 Å². The number of benzene rings is 1. The third-order valence-corrected chi connectivity index (χ3v) is 5.02. The van der Waals surface area contributed by atoms with Crippen LogP contribution in [0.1, 0.15) is 41.7 Å². The first-order valence-electron chi connectivity index (χ1n) is 8.11.